The summed E-state index contributed by atoms with van der Waals surface area (Å²) in [6, 6.07) is 9.59. The zero-order valence-corrected chi connectivity index (χ0v) is 18.8. The number of phenolic OH excluding ortho intramolecular Hbond substituents is 1. The summed E-state index contributed by atoms with van der Waals surface area (Å²) in [7, 11) is 2.95. The van der Waals surface area contributed by atoms with Crippen molar-refractivity contribution in [3.63, 3.8) is 0 Å². The molecule has 168 valence electrons. The van der Waals surface area contributed by atoms with Crippen molar-refractivity contribution < 1.29 is 24.1 Å². The number of phenols is 1. The fraction of sp³-hybridized carbons (Fsp3) is 0.273. The molecule has 0 fully saturated rings. The molecule has 0 spiro atoms. The first-order chi connectivity index (χ1) is 15.3. The minimum atomic E-state index is -0.478. The lowest BCUT2D eigenvalue weighted by atomic mass is 10.2. The SMILES string of the molecule is COc1cc(OC)nc(N(Cc2c(O)cccc2Cl)c2ccc(C(=O)OC(C)C)cn2)n1. The van der Waals surface area contributed by atoms with Crippen molar-refractivity contribution in [3.05, 3.63) is 58.7 Å². The number of anilines is 2. The molecule has 0 aliphatic carbocycles. The maximum atomic E-state index is 12.2. The van der Waals surface area contributed by atoms with Crippen molar-refractivity contribution >= 4 is 29.3 Å². The van der Waals surface area contributed by atoms with Gasteiger partial charge < -0.3 is 19.3 Å². The van der Waals surface area contributed by atoms with Gasteiger partial charge >= 0.3 is 5.97 Å². The molecular weight excluding hydrogens is 436 g/mol. The van der Waals surface area contributed by atoms with Crippen molar-refractivity contribution in [1.29, 1.82) is 0 Å². The van der Waals surface area contributed by atoms with Gasteiger partial charge in [-0.15, -0.1) is 0 Å². The normalized spacial score (nSPS) is 10.7. The molecule has 0 amide bonds. The molecule has 0 aliphatic rings. The summed E-state index contributed by atoms with van der Waals surface area (Å²) in [5.41, 5.74) is 0.747. The highest BCUT2D eigenvalue weighted by Gasteiger charge is 2.21. The summed E-state index contributed by atoms with van der Waals surface area (Å²) in [6.07, 6.45) is 1.15. The van der Waals surface area contributed by atoms with Gasteiger partial charge in [0.2, 0.25) is 17.7 Å². The van der Waals surface area contributed by atoms with Crippen LogP contribution in [0.3, 0.4) is 0 Å². The Labute approximate surface area is 190 Å². The Morgan fingerprint density at radius 1 is 1.12 bits per heavy atom. The number of aromatic hydroxyl groups is 1. The Balaban J connectivity index is 2.06. The van der Waals surface area contributed by atoms with Gasteiger partial charge in [0, 0.05) is 16.8 Å². The number of hydrogen-bond acceptors (Lipinski definition) is 9. The Morgan fingerprint density at radius 3 is 2.34 bits per heavy atom. The van der Waals surface area contributed by atoms with Gasteiger partial charge in [-0.25, -0.2) is 9.78 Å². The average molecular weight is 459 g/mol. The van der Waals surface area contributed by atoms with Crippen LogP contribution in [0.15, 0.2) is 42.6 Å². The van der Waals surface area contributed by atoms with Gasteiger partial charge in [-0.3, -0.25) is 4.90 Å². The lowest BCUT2D eigenvalue weighted by Crippen LogP contribution is -2.21. The van der Waals surface area contributed by atoms with E-state index in [0.717, 1.165) is 0 Å². The number of methoxy groups -OCH3 is 2. The van der Waals surface area contributed by atoms with Gasteiger partial charge in [0.15, 0.2) is 0 Å². The van der Waals surface area contributed by atoms with Crippen molar-refractivity contribution in [2.45, 2.75) is 26.5 Å². The maximum Gasteiger partial charge on any atom is 0.339 e. The van der Waals surface area contributed by atoms with E-state index in [2.05, 4.69) is 15.0 Å². The fourth-order valence-electron chi connectivity index (χ4n) is 2.79. The van der Waals surface area contributed by atoms with Crippen LogP contribution in [0.25, 0.3) is 0 Å². The van der Waals surface area contributed by atoms with Crippen molar-refractivity contribution in [3.8, 4) is 17.5 Å². The van der Waals surface area contributed by atoms with Gasteiger partial charge in [-0.2, -0.15) is 9.97 Å². The second-order valence-electron chi connectivity index (χ2n) is 6.94. The Morgan fingerprint density at radius 2 is 1.81 bits per heavy atom. The number of pyridine rings is 1. The third kappa shape index (κ3) is 5.36. The maximum absolute atomic E-state index is 12.2. The van der Waals surface area contributed by atoms with Crippen molar-refractivity contribution in [1.82, 2.24) is 15.0 Å². The molecule has 3 aromatic rings. The standard InChI is InChI=1S/C22H23ClN4O5/c1-13(2)32-21(29)14-8-9-18(24-11-14)27(12-15-16(23)6-5-7-17(15)28)22-25-19(30-3)10-20(26-22)31-4/h5-11,13,28H,12H2,1-4H3. The van der Waals surface area contributed by atoms with Crippen LogP contribution in [-0.2, 0) is 11.3 Å². The Bertz CT molecular complexity index is 1050. The molecule has 0 aliphatic heterocycles. The molecule has 2 aromatic heterocycles. The number of nitrogens with zero attached hydrogens (tertiary/aromatic N) is 4. The Kier molecular flexibility index (Phi) is 7.32. The van der Waals surface area contributed by atoms with Crippen LogP contribution in [0.5, 0.6) is 17.5 Å². The highest BCUT2D eigenvalue weighted by molar-refractivity contribution is 6.31. The van der Waals surface area contributed by atoms with E-state index in [4.69, 9.17) is 25.8 Å². The van der Waals surface area contributed by atoms with Crippen LogP contribution in [0, 0.1) is 0 Å². The minimum absolute atomic E-state index is 0.00879. The van der Waals surface area contributed by atoms with E-state index in [1.807, 2.05) is 0 Å². The lowest BCUT2D eigenvalue weighted by Gasteiger charge is -2.23. The first kappa shape index (κ1) is 23.1. The molecule has 3 rings (SSSR count). The minimum Gasteiger partial charge on any atom is -0.508 e. The van der Waals surface area contributed by atoms with Gasteiger partial charge in [0.05, 0.1) is 38.5 Å². The summed E-state index contributed by atoms with van der Waals surface area (Å²) in [4.78, 5) is 26.9. The van der Waals surface area contributed by atoms with E-state index in [1.165, 1.54) is 32.5 Å². The number of aromatic nitrogens is 3. The van der Waals surface area contributed by atoms with Crippen LogP contribution < -0.4 is 14.4 Å². The first-order valence-corrected chi connectivity index (χ1v) is 10.1. The molecule has 0 atom stereocenters. The number of ether oxygens (including phenoxy) is 3. The quantitative estimate of drug-likeness (QED) is 0.498. The largest absolute Gasteiger partial charge is 0.508 e. The molecule has 1 N–H and O–H groups in total. The fourth-order valence-corrected chi connectivity index (χ4v) is 3.02. The molecule has 10 heteroatoms. The third-order valence-corrected chi connectivity index (χ3v) is 4.69. The van der Waals surface area contributed by atoms with Crippen LogP contribution >= 0.6 is 11.6 Å². The molecule has 2 heterocycles. The molecule has 0 saturated heterocycles. The molecule has 1 aromatic carbocycles. The number of benzene rings is 1. The molecule has 32 heavy (non-hydrogen) atoms. The van der Waals surface area contributed by atoms with E-state index in [9.17, 15) is 9.90 Å². The van der Waals surface area contributed by atoms with Crippen molar-refractivity contribution in [2.75, 3.05) is 19.1 Å². The summed E-state index contributed by atoms with van der Waals surface area (Å²) < 4.78 is 15.7. The predicted octanol–water partition coefficient (Wildman–Crippen LogP) is 4.15. The van der Waals surface area contributed by atoms with Crippen LogP contribution in [0.4, 0.5) is 11.8 Å². The van der Waals surface area contributed by atoms with Crippen LogP contribution in [0.2, 0.25) is 5.02 Å². The molecule has 0 unspecified atom stereocenters. The highest BCUT2D eigenvalue weighted by atomic mass is 35.5. The molecule has 0 radical (unpaired) electrons. The number of hydrogen-bond donors (Lipinski definition) is 1. The van der Waals surface area contributed by atoms with Gasteiger partial charge in [0.25, 0.3) is 0 Å². The van der Waals surface area contributed by atoms with Crippen LogP contribution in [0.1, 0.15) is 29.8 Å². The predicted molar refractivity (Wildman–Crippen MR) is 119 cm³/mol. The molecule has 0 bridgehead atoms. The zero-order chi connectivity index (χ0) is 23.3. The summed E-state index contributed by atoms with van der Waals surface area (Å²) in [6.45, 7) is 3.63. The molecular formula is C22H23ClN4O5. The number of rotatable bonds is 8. The molecule has 9 nitrogen and oxygen atoms in total. The summed E-state index contributed by atoms with van der Waals surface area (Å²) in [5.74, 6) is 0.684. The number of carbonyl (C=O) groups excluding carboxylic acids is 1. The average Bonchev–Trinajstić information content (AvgIpc) is 2.78. The zero-order valence-electron chi connectivity index (χ0n) is 18.1. The Hall–Kier alpha value is -3.59. The smallest absolute Gasteiger partial charge is 0.339 e. The van der Waals surface area contributed by atoms with E-state index >= 15 is 0 Å². The molecule has 0 saturated carbocycles. The summed E-state index contributed by atoms with van der Waals surface area (Å²) in [5, 5.41) is 10.7. The van der Waals surface area contributed by atoms with Crippen molar-refractivity contribution in [2.24, 2.45) is 0 Å². The first-order valence-electron chi connectivity index (χ1n) is 9.70. The van der Waals surface area contributed by atoms with E-state index < -0.39 is 5.97 Å². The van der Waals surface area contributed by atoms with Gasteiger partial charge in [0.1, 0.15) is 11.6 Å². The van der Waals surface area contributed by atoms with Gasteiger partial charge in [-0.05, 0) is 38.1 Å². The monoisotopic (exact) mass is 458 g/mol. The number of halogens is 1. The number of esters is 1. The highest BCUT2D eigenvalue weighted by Crippen LogP contribution is 2.32. The van der Waals surface area contributed by atoms with Gasteiger partial charge in [-0.1, -0.05) is 17.7 Å². The van der Waals surface area contributed by atoms with E-state index in [0.29, 0.717) is 22.0 Å². The second-order valence-corrected chi connectivity index (χ2v) is 7.34. The topological polar surface area (TPSA) is 107 Å². The summed E-state index contributed by atoms with van der Waals surface area (Å²) >= 11 is 6.32. The third-order valence-electron chi connectivity index (χ3n) is 4.34. The van der Waals surface area contributed by atoms with E-state index in [-0.39, 0.29) is 36.1 Å². The van der Waals surface area contributed by atoms with Crippen LogP contribution in [-0.4, -0.2) is 46.4 Å². The second kappa shape index (κ2) is 10.1. The lowest BCUT2D eigenvalue weighted by molar-refractivity contribution is 0.0377. The number of carbonyl (C=O) groups is 1. The van der Waals surface area contributed by atoms with E-state index in [1.54, 1.807) is 43.0 Å².